The number of hydrogen-bond acceptors (Lipinski definition) is 3. The van der Waals surface area contributed by atoms with Gasteiger partial charge in [0.1, 0.15) is 6.33 Å². The first-order valence-electron chi connectivity index (χ1n) is 3.49. The maximum atomic E-state index is 5.52. The highest BCUT2D eigenvalue weighted by molar-refractivity contribution is 9.10. The molecule has 0 saturated heterocycles. The molecule has 0 aliphatic heterocycles. The number of nitrogens with zero attached hydrogens (tertiary/aromatic N) is 3. The summed E-state index contributed by atoms with van der Waals surface area (Å²) in [6.07, 6.45) is 3.55. The Hall–Kier alpha value is -0.940. The van der Waals surface area contributed by atoms with Crippen LogP contribution in [-0.2, 0) is 6.54 Å². The lowest BCUT2D eigenvalue weighted by atomic mass is 10.3. The van der Waals surface area contributed by atoms with E-state index in [1.54, 1.807) is 6.33 Å². The molecule has 0 unspecified atom stereocenters. The summed E-state index contributed by atoms with van der Waals surface area (Å²) >= 11 is 3.41. The first-order chi connectivity index (χ1) is 5.81. The van der Waals surface area contributed by atoms with Crippen LogP contribution >= 0.6 is 15.9 Å². The minimum Gasteiger partial charge on any atom is -0.326 e. The first-order valence-corrected chi connectivity index (χ1v) is 4.28. The minimum absolute atomic E-state index is 0.504. The van der Waals surface area contributed by atoms with Gasteiger partial charge in [0, 0.05) is 17.2 Å². The Balaban J connectivity index is 2.73. The summed E-state index contributed by atoms with van der Waals surface area (Å²) in [7, 11) is 0. The number of pyridine rings is 1. The molecule has 0 amide bonds. The Bertz CT molecular complexity index is 409. The zero-order chi connectivity index (χ0) is 8.55. The van der Waals surface area contributed by atoms with E-state index < -0.39 is 0 Å². The van der Waals surface area contributed by atoms with Crippen LogP contribution in [0.1, 0.15) is 5.56 Å². The minimum atomic E-state index is 0.504. The summed E-state index contributed by atoms with van der Waals surface area (Å²) < 4.78 is 2.82. The molecule has 0 aliphatic carbocycles. The summed E-state index contributed by atoms with van der Waals surface area (Å²) in [6.45, 7) is 0.504. The van der Waals surface area contributed by atoms with Gasteiger partial charge >= 0.3 is 0 Å². The highest BCUT2D eigenvalue weighted by Gasteiger charge is 2.01. The fourth-order valence-corrected chi connectivity index (χ4v) is 1.54. The van der Waals surface area contributed by atoms with E-state index in [-0.39, 0.29) is 0 Å². The van der Waals surface area contributed by atoms with Gasteiger partial charge in [0.2, 0.25) is 0 Å². The second-order valence-electron chi connectivity index (χ2n) is 2.45. The number of rotatable bonds is 1. The topological polar surface area (TPSA) is 56.2 Å². The van der Waals surface area contributed by atoms with Crippen LogP contribution in [0.5, 0.6) is 0 Å². The maximum Gasteiger partial charge on any atom is 0.160 e. The van der Waals surface area contributed by atoms with Gasteiger partial charge in [-0.25, -0.2) is 0 Å². The van der Waals surface area contributed by atoms with Gasteiger partial charge in [-0.1, -0.05) is 0 Å². The van der Waals surface area contributed by atoms with Crippen molar-refractivity contribution >= 4 is 21.6 Å². The molecule has 0 atom stereocenters. The van der Waals surface area contributed by atoms with E-state index in [1.165, 1.54) is 0 Å². The third-order valence-electron chi connectivity index (χ3n) is 1.68. The van der Waals surface area contributed by atoms with E-state index in [9.17, 15) is 0 Å². The smallest absolute Gasteiger partial charge is 0.160 e. The van der Waals surface area contributed by atoms with Crippen LogP contribution in [-0.4, -0.2) is 14.6 Å². The van der Waals surface area contributed by atoms with Gasteiger partial charge in [-0.05, 0) is 27.6 Å². The van der Waals surface area contributed by atoms with Crippen molar-refractivity contribution in [3.63, 3.8) is 0 Å². The van der Waals surface area contributed by atoms with E-state index in [0.717, 1.165) is 15.7 Å². The van der Waals surface area contributed by atoms with Crippen LogP contribution in [0.4, 0.5) is 0 Å². The average Bonchev–Trinajstić information content (AvgIpc) is 2.49. The maximum absolute atomic E-state index is 5.52. The van der Waals surface area contributed by atoms with Crippen LogP contribution in [0.25, 0.3) is 5.65 Å². The van der Waals surface area contributed by atoms with Crippen LogP contribution in [0.2, 0.25) is 0 Å². The van der Waals surface area contributed by atoms with Crippen molar-refractivity contribution < 1.29 is 0 Å². The highest BCUT2D eigenvalue weighted by Crippen LogP contribution is 2.16. The Morgan fingerprint density at radius 3 is 3.17 bits per heavy atom. The summed E-state index contributed by atoms with van der Waals surface area (Å²) in [4.78, 5) is 0. The summed E-state index contributed by atoms with van der Waals surface area (Å²) in [5.41, 5.74) is 7.38. The molecule has 12 heavy (non-hydrogen) atoms. The second kappa shape index (κ2) is 2.84. The van der Waals surface area contributed by atoms with Crippen LogP contribution < -0.4 is 5.73 Å². The summed E-state index contributed by atoms with van der Waals surface area (Å²) in [5.74, 6) is 0. The molecule has 62 valence electrons. The van der Waals surface area contributed by atoms with Gasteiger partial charge in [-0.15, -0.1) is 10.2 Å². The molecule has 2 rings (SSSR count). The van der Waals surface area contributed by atoms with E-state index in [4.69, 9.17) is 5.73 Å². The Morgan fingerprint density at radius 1 is 1.58 bits per heavy atom. The number of nitrogens with two attached hydrogens (primary N) is 1. The SMILES string of the molecule is NCc1cc2nncn2cc1Br. The molecule has 2 heterocycles. The summed E-state index contributed by atoms with van der Waals surface area (Å²) in [6, 6.07) is 1.91. The van der Waals surface area contributed by atoms with Crippen molar-refractivity contribution in [3.8, 4) is 0 Å². The third-order valence-corrected chi connectivity index (χ3v) is 2.40. The van der Waals surface area contributed by atoms with Gasteiger partial charge in [0.15, 0.2) is 5.65 Å². The molecule has 0 bridgehead atoms. The first kappa shape index (κ1) is 7.70. The zero-order valence-electron chi connectivity index (χ0n) is 6.24. The van der Waals surface area contributed by atoms with E-state index in [0.29, 0.717) is 6.54 Å². The predicted octanol–water partition coefficient (Wildman–Crippen LogP) is 0.950. The number of hydrogen-bond donors (Lipinski definition) is 1. The number of aromatic nitrogens is 3. The Labute approximate surface area is 77.5 Å². The van der Waals surface area contributed by atoms with Crippen LogP contribution in [0, 0.1) is 0 Å². The lowest BCUT2D eigenvalue weighted by Gasteiger charge is -2.00. The molecule has 0 aliphatic rings. The van der Waals surface area contributed by atoms with Crippen molar-refractivity contribution in [1.82, 2.24) is 14.6 Å². The Kier molecular flexibility index (Phi) is 1.82. The largest absolute Gasteiger partial charge is 0.326 e. The summed E-state index contributed by atoms with van der Waals surface area (Å²) in [5, 5.41) is 7.67. The van der Waals surface area contributed by atoms with E-state index in [2.05, 4.69) is 26.1 Å². The molecular formula is C7H7BrN4. The van der Waals surface area contributed by atoms with Gasteiger partial charge in [-0.2, -0.15) is 0 Å². The van der Waals surface area contributed by atoms with Crippen LogP contribution in [0.3, 0.4) is 0 Å². The van der Waals surface area contributed by atoms with Gasteiger partial charge in [-0.3, -0.25) is 4.40 Å². The molecule has 0 radical (unpaired) electrons. The molecule has 5 heteroatoms. The van der Waals surface area contributed by atoms with Crippen LogP contribution in [0.15, 0.2) is 23.1 Å². The van der Waals surface area contributed by atoms with Crippen molar-refractivity contribution in [2.75, 3.05) is 0 Å². The lowest BCUT2D eigenvalue weighted by Crippen LogP contribution is -1.98. The fourth-order valence-electron chi connectivity index (χ4n) is 1.04. The molecular weight excluding hydrogens is 220 g/mol. The van der Waals surface area contributed by atoms with E-state index >= 15 is 0 Å². The lowest BCUT2D eigenvalue weighted by molar-refractivity contribution is 1.04. The molecule has 4 nitrogen and oxygen atoms in total. The molecule has 2 aromatic rings. The standard InChI is InChI=1S/C7H7BrN4/c8-6-3-12-4-10-11-7(12)1-5(6)2-9/h1,3-4H,2,9H2. The van der Waals surface area contributed by atoms with Crippen molar-refractivity contribution in [3.05, 3.63) is 28.6 Å². The van der Waals surface area contributed by atoms with Crippen molar-refractivity contribution in [1.29, 1.82) is 0 Å². The molecule has 0 spiro atoms. The third kappa shape index (κ3) is 1.11. The Morgan fingerprint density at radius 2 is 2.42 bits per heavy atom. The van der Waals surface area contributed by atoms with Crippen molar-refractivity contribution in [2.45, 2.75) is 6.54 Å². The fraction of sp³-hybridized carbons (Fsp3) is 0.143. The quantitative estimate of drug-likeness (QED) is 0.788. The zero-order valence-corrected chi connectivity index (χ0v) is 7.82. The monoisotopic (exact) mass is 226 g/mol. The normalized spacial score (nSPS) is 10.8. The van der Waals surface area contributed by atoms with E-state index in [1.807, 2.05) is 16.7 Å². The molecule has 0 saturated carbocycles. The highest BCUT2D eigenvalue weighted by atomic mass is 79.9. The van der Waals surface area contributed by atoms with Crippen molar-refractivity contribution in [2.24, 2.45) is 5.73 Å². The molecule has 2 aromatic heterocycles. The number of halogens is 1. The van der Waals surface area contributed by atoms with Gasteiger partial charge in [0.05, 0.1) is 0 Å². The number of fused-ring (bicyclic) bond motifs is 1. The predicted molar refractivity (Wildman–Crippen MR) is 48.6 cm³/mol. The molecule has 2 N–H and O–H groups in total. The van der Waals surface area contributed by atoms with Gasteiger partial charge in [0.25, 0.3) is 0 Å². The molecule has 0 fully saturated rings. The molecule has 0 aromatic carbocycles. The average molecular weight is 227 g/mol. The second-order valence-corrected chi connectivity index (χ2v) is 3.30. The van der Waals surface area contributed by atoms with Gasteiger partial charge < -0.3 is 5.73 Å².